The SMILES string of the molecule is CCOC(=O)Oc1ccccc1C1OP(=O)(O)C(O)(Cn2ccnc2)P(=O)(O)O1. The molecule has 1 aromatic heterocycles. The number of benzene rings is 1. The van der Waals surface area contributed by atoms with Crippen molar-refractivity contribution in [3.05, 3.63) is 48.5 Å². The average Bonchev–Trinajstić information content (AvgIpc) is 3.13. The number of carbonyl (C=O) groups is 1. The largest absolute Gasteiger partial charge is 0.513 e. The van der Waals surface area contributed by atoms with Crippen LogP contribution < -0.4 is 4.74 Å². The van der Waals surface area contributed by atoms with Crippen LogP contribution >= 0.6 is 15.2 Å². The predicted octanol–water partition coefficient (Wildman–Crippen LogP) is 2.18. The normalized spacial score (nSPS) is 31.9. The maximum absolute atomic E-state index is 12.8. The summed E-state index contributed by atoms with van der Waals surface area (Å²) >= 11 is 0. The summed E-state index contributed by atoms with van der Waals surface area (Å²) < 4.78 is 46.2. The predicted molar refractivity (Wildman–Crippen MR) is 95.8 cm³/mol. The molecule has 1 aliphatic rings. The monoisotopic (exact) mass is 448 g/mol. The summed E-state index contributed by atoms with van der Waals surface area (Å²) in [4.78, 5) is 35.9. The molecule has 29 heavy (non-hydrogen) atoms. The van der Waals surface area contributed by atoms with Crippen LogP contribution in [0.2, 0.25) is 0 Å². The number of hydrogen-bond donors (Lipinski definition) is 3. The van der Waals surface area contributed by atoms with E-state index in [2.05, 4.69) is 9.72 Å². The highest BCUT2D eigenvalue weighted by Crippen LogP contribution is 2.78. The molecule has 12 nitrogen and oxygen atoms in total. The van der Waals surface area contributed by atoms with Crippen LogP contribution in [0.3, 0.4) is 0 Å². The van der Waals surface area contributed by atoms with Crippen molar-refractivity contribution < 1.29 is 47.3 Å². The molecule has 158 valence electrons. The highest BCUT2D eigenvalue weighted by Gasteiger charge is 2.67. The molecule has 0 amide bonds. The minimum atomic E-state index is -5.16. The van der Waals surface area contributed by atoms with Gasteiger partial charge in [-0.1, -0.05) is 18.2 Å². The molecule has 2 aromatic rings. The fourth-order valence-electron chi connectivity index (χ4n) is 2.53. The summed E-state index contributed by atoms with van der Waals surface area (Å²) in [5, 5.41) is 7.47. The number of hydrogen-bond acceptors (Lipinski definition) is 9. The minimum absolute atomic E-state index is 0.0381. The summed E-state index contributed by atoms with van der Waals surface area (Å²) in [5.41, 5.74) is -0.131. The lowest BCUT2D eigenvalue weighted by Crippen LogP contribution is -2.39. The summed E-state index contributed by atoms with van der Waals surface area (Å²) in [6.07, 6.45) is 0.852. The van der Waals surface area contributed by atoms with E-state index in [0.717, 1.165) is 4.57 Å². The second-order valence-electron chi connectivity index (χ2n) is 5.92. The van der Waals surface area contributed by atoms with E-state index in [9.17, 15) is 28.8 Å². The molecule has 1 fully saturated rings. The van der Waals surface area contributed by atoms with Crippen LogP contribution in [0.1, 0.15) is 18.8 Å². The van der Waals surface area contributed by atoms with Crippen molar-refractivity contribution in [2.75, 3.05) is 6.61 Å². The molecule has 0 spiro atoms. The zero-order valence-electron chi connectivity index (χ0n) is 15.0. The van der Waals surface area contributed by atoms with Gasteiger partial charge in [0.1, 0.15) is 5.75 Å². The molecule has 1 saturated heterocycles. The molecule has 0 saturated carbocycles. The topological polar surface area (TPSA) is 167 Å². The summed E-state index contributed by atoms with van der Waals surface area (Å²) in [5.74, 6) is -0.184. The van der Waals surface area contributed by atoms with E-state index in [1.54, 1.807) is 6.92 Å². The van der Waals surface area contributed by atoms with Gasteiger partial charge in [-0.3, -0.25) is 18.2 Å². The standard InChI is InChI=1S/C15H18N2O10P2/c1-2-24-14(18)25-12-6-4-3-5-11(12)13-26-28(20,21)15(19,29(22,23)27-13)9-17-8-7-16-10-17/h3-8,10,13,19H,2,9H2,1H3,(H,20,21)(H,22,23). The van der Waals surface area contributed by atoms with Crippen molar-refractivity contribution in [2.45, 2.75) is 24.8 Å². The third kappa shape index (κ3) is 4.15. The van der Waals surface area contributed by atoms with Gasteiger partial charge in [0.05, 0.1) is 25.0 Å². The Morgan fingerprint density at radius 2 is 1.93 bits per heavy atom. The van der Waals surface area contributed by atoms with Crippen molar-refractivity contribution in [1.82, 2.24) is 9.55 Å². The minimum Gasteiger partial charge on any atom is -0.434 e. The van der Waals surface area contributed by atoms with Crippen LogP contribution in [0, 0.1) is 0 Å². The van der Waals surface area contributed by atoms with E-state index >= 15 is 0 Å². The average molecular weight is 448 g/mol. The molecule has 0 radical (unpaired) electrons. The first kappa shape index (κ1) is 21.7. The Bertz CT molecular complexity index is 953. The van der Waals surface area contributed by atoms with E-state index in [0.29, 0.717) is 0 Å². The molecule has 0 bridgehead atoms. The fraction of sp³-hybridized carbons (Fsp3) is 0.333. The quantitative estimate of drug-likeness (QED) is 0.348. The Morgan fingerprint density at radius 3 is 2.52 bits per heavy atom. The smallest absolute Gasteiger partial charge is 0.434 e. The third-order valence-electron chi connectivity index (χ3n) is 3.96. The number of rotatable bonds is 5. The van der Waals surface area contributed by atoms with Crippen molar-refractivity contribution in [3.8, 4) is 5.75 Å². The van der Waals surface area contributed by atoms with Crippen LogP contribution in [-0.2, 0) is 29.5 Å². The summed E-state index contributed by atoms with van der Waals surface area (Å²) in [6.45, 7) is 0.810. The zero-order chi connectivity index (χ0) is 21.3. The number of imidazole rings is 1. The van der Waals surface area contributed by atoms with Gasteiger partial charge in [-0.05, 0) is 13.0 Å². The van der Waals surface area contributed by atoms with Crippen molar-refractivity contribution in [3.63, 3.8) is 0 Å². The molecular formula is C15H18N2O10P2. The lowest BCUT2D eigenvalue weighted by Gasteiger charge is -2.41. The number of aromatic nitrogens is 2. The molecule has 2 atom stereocenters. The van der Waals surface area contributed by atoms with Gasteiger partial charge in [-0.2, -0.15) is 0 Å². The highest BCUT2D eigenvalue weighted by molar-refractivity contribution is 7.73. The molecule has 0 aliphatic carbocycles. The number of para-hydroxylation sites is 1. The first-order chi connectivity index (χ1) is 13.6. The van der Waals surface area contributed by atoms with Gasteiger partial charge in [0, 0.05) is 12.4 Å². The third-order valence-corrected chi connectivity index (χ3v) is 8.53. The number of aliphatic hydroxyl groups is 1. The number of carbonyl (C=O) groups excluding carboxylic acids is 1. The first-order valence-electron chi connectivity index (χ1n) is 8.24. The molecule has 2 unspecified atom stereocenters. The lowest BCUT2D eigenvalue weighted by molar-refractivity contribution is -0.0617. The Hall–Kier alpha value is -2.04. The van der Waals surface area contributed by atoms with Crippen LogP contribution in [0.4, 0.5) is 4.79 Å². The lowest BCUT2D eigenvalue weighted by atomic mass is 10.2. The fourth-order valence-corrected chi connectivity index (χ4v) is 6.01. The van der Waals surface area contributed by atoms with E-state index in [1.165, 1.54) is 43.0 Å². The molecule has 2 heterocycles. The highest BCUT2D eigenvalue weighted by atomic mass is 31.2. The molecule has 14 heteroatoms. The number of nitrogens with zero attached hydrogens (tertiary/aromatic N) is 2. The molecule has 3 rings (SSSR count). The van der Waals surface area contributed by atoms with Crippen molar-refractivity contribution >= 4 is 21.3 Å². The summed E-state index contributed by atoms with van der Waals surface area (Å²) in [7, 11) is -10.3. The van der Waals surface area contributed by atoms with Crippen LogP contribution in [0.15, 0.2) is 43.0 Å². The Balaban J connectivity index is 1.94. The van der Waals surface area contributed by atoms with Gasteiger partial charge in [0.2, 0.25) is 6.29 Å². The van der Waals surface area contributed by atoms with Crippen LogP contribution in [0.5, 0.6) is 5.75 Å². The zero-order valence-corrected chi connectivity index (χ0v) is 16.8. The van der Waals surface area contributed by atoms with E-state index in [-0.39, 0.29) is 17.9 Å². The van der Waals surface area contributed by atoms with E-state index in [1.807, 2.05) is 0 Å². The van der Waals surface area contributed by atoms with Gasteiger partial charge in [-0.25, -0.2) is 9.78 Å². The molecular weight excluding hydrogens is 430 g/mol. The van der Waals surface area contributed by atoms with Crippen molar-refractivity contribution in [1.29, 1.82) is 0 Å². The molecule has 1 aromatic carbocycles. The van der Waals surface area contributed by atoms with Gasteiger partial charge in [-0.15, -0.1) is 0 Å². The maximum atomic E-state index is 12.8. The Kier molecular flexibility index (Phi) is 5.98. The Labute approximate surface area is 164 Å². The van der Waals surface area contributed by atoms with Gasteiger partial charge < -0.3 is 28.9 Å². The second kappa shape index (κ2) is 8.00. The van der Waals surface area contributed by atoms with E-state index in [4.69, 9.17) is 13.8 Å². The van der Waals surface area contributed by atoms with Crippen LogP contribution in [0.25, 0.3) is 0 Å². The van der Waals surface area contributed by atoms with E-state index < -0.39 is 39.3 Å². The number of ether oxygens (including phenoxy) is 2. The summed E-state index contributed by atoms with van der Waals surface area (Å²) in [6, 6.07) is 5.53. The molecule has 3 N–H and O–H groups in total. The van der Waals surface area contributed by atoms with Gasteiger partial charge in [0.15, 0.2) is 0 Å². The Morgan fingerprint density at radius 1 is 1.28 bits per heavy atom. The second-order valence-corrected chi connectivity index (χ2v) is 10.3. The van der Waals surface area contributed by atoms with Gasteiger partial charge in [0.25, 0.3) is 5.08 Å². The van der Waals surface area contributed by atoms with Gasteiger partial charge >= 0.3 is 21.3 Å². The maximum Gasteiger partial charge on any atom is 0.513 e. The first-order valence-corrected chi connectivity index (χ1v) is 11.4. The van der Waals surface area contributed by atoms with Crippen LogP contribution in [-0.4, -0.2) is 42.3 Å². The van der Waals surface area contributed by atoms with Crippen molar-refractivity contribution in [2.24, 2.45) is 0 Å². The molecule has 1 aliphatic heterocycles.